The summed E-state index contributed by atoms with van der Waals surface area (Å²) in [7, 11) is 0. The van der Waals surface area contributed by atoms with Crippen LogP contribution >= 0.6 is 0 Å². The average Bonchev–Trinajstić information content (AvgIpc) is 3.34. The largest absolute Gasteiger partial charge is 0.316 e. The maximum absolute atomic E-state index is 4.92. The number of nitrogens with zero attached hydrogens (tertiary/aromatic N) is 3. The Morgan fingerprint density at radius 3 is 2.74 bits per heavy atom. The van der Waals surface area contributed by atoms with E-state index in [1.54, 1.807) is 0 Å². The highest BCUT2D eigenvalue weighted by atomic mass is 15.1. The molecule has 2 aliphatic rings. The van der Waals surface area contributed by atoms with Gasteiger partial charge in [-0.1, -0.05) is 99.7 Å². The predicted molar refractivity (Wildman–Crippen MR) is 169 cm³/mol. The lowest BCUT2D eigenvalue weighted by molar-refractivity contribution is 1.02. The van der Waals surface area contributed by atoms with Crippen molar-refractivity contribution in [2.45, 2.75) is 27.2 Å². The van der Waals surface area contributed by atoms with E-state index < -0.39 is 0 Å². The second kappa shape index (κ2) is 10.3. The molecule has 0 saturated carbocycles. The van der Waals surface area contributed by atoms with Crippen molar-refractivity contribution < 1.29 is 0 Å². The van der Waals surface area contributed by atoms with E-state index in [9.17, 15) is 0 Å². The Morgan fingerprint density at radius 2 is 1.92 bits per heavy atom. The molecular weight excluding hydrogens is 474 g/mol. The lowest BCUT2D eigenvalue weighted by Gasteiger charge is -2.12. The van der Waals surface area contributed by atoms with Crippen molar-refractivity contribution in [1.29, 1.82) is 0 Å². The van der Waals surface area contributed by atoms with Crippen molar-refractivity contribution in [3.05, 3.63) is 120 Å². The summed E-state index contributed by atoms with van der Waals surface area (Å²) in [6.07, 6.45) is 27.1. The highest BCUT2D eigenvalue weighted by molar-refractivity contribution is 6.08. The number of hydrogen-bond donors (Lipinski definition) is 0. The van der Waals surface area contributed by atoms with Crippen LogP contribution in [0, 0.1) is 5.92 Å². The Bertz CT molecular complexity index is 1980. The number of hydrogen-bond acceptors (Lipinski definition) is 1. The van der Waals surface area contributed by atoms with E-state index >= 15 is 0 Å². The SMILES string of the molecule is C=C/C=C\C(=C/C)n1ccc2cc3c4c(c21)C=CC1C=CC=c(c4=C1)n3-c1nccc2ccccc12.CCC. The van der Waals surface area contributed by atoms with E-state index in [1.807, 2.05) is 18.3 Å². The van der Waals surface area contributed by atoms with Crippen molar-refractivity contribution in [1.82, 2.24) is 14.1 Å². The normalized spacial score (nSPS) is 15.8. The minimum absolute atomic E-state index is 0.245. The van der Waals surface area contributed by atoms with Gasteiger partial charge in [-0.25, -0.2) is 4.98 Å². The molecular formula is C36H33N3. The summed E-state index contributed by atoms with van der Waals surface area (Å²) in [5, 5.41) is 7.26. The van der Waals surface area contributed by atoms with Crippen LogP contribution in [0.2, 0.25) is 0 Å². The minimum atomic E-state index is 0.245. The maximum Gasteiger partial charge on any atom is 0.145 e. The van der Waals surface area contributed by atoms with Crippen LogP contribution in [-0.2, 0) is 0 Å². The van der Waals surface area contributed by atoms with Gasteiger partial charge in [0, 0.05) is 50.9 Å². The van der Waals surface area contributed by atoms with Gasteiger partial charge in [-0.15, -0.1) is 0 Å². The zero-order valence-corrected chi connectivity index (χ0v) is 22.8. The lowest BCUT2D eigenvalue weighted by atomic mass is 10.0. The summed E-state index contributed by atoms with van der Waals surface area (Å²) < 4.78 is 4.64. The Kier molecular flexibility index (Phi) is 6.50. The fourth-order valence-electron chi connectivity index (χ4n) is 5.72. The Balaban J connectivity index is 0.000000883. The highest BCUT2D eigenvalue weighted by Gasteiger charge is 2.21. The first-order valence-electron chi connectivity index (χ1n) is 13.8. The number of benzene rings is 2. The van der Waals surface area contributed by atoms with Gasteiger partial charge in [0.25, 0.3) is 0 Å². The van der Waals surface area contributed by atoms with Crippen LogP contribution in [0.4, 0.5) is 0 Å². The van der Waals surface area contributed by atoms with Gasteiger partial charge in [0.05, 0.1) is 16.4 Å². The van der Waals surface area contributed by atoms with Crippen LogP contribution in [0.15, 0.2) is 104 Å². The van der Waals surface area contributed by atoms with E-state index in [-0.39, 0.29) is 5.92 Å². The van der Waals surface area contributed by atoms with Gasteiger partial charge in [0.1, 0.15) is 5.82 Å². The molecule has 0 spiro atoms. The minimum Gasteiger partial charge on any atom is -0.316 e. The summed E-state index contributed by atoms with van der Waals surface area (Å²) in [6.45, 7) is 10.2. The Morgan fingerprint density at radius 1 is 1.08 bits per heavy atom. The molecule has 1 atom stereocenters. The third-order valence-corrected chi connectivity index (χ3v) is 7.29. The summed E-state index contributed by atoms with van der Waals surface area (Å²) in [5.74, 6) is 1.21. The molecule has 7 rings (SSSR count). The first kappa shape index (κ1) is 24.7. The van der Waals surface area contributed by atoms with Crippen molar-refractivity contribution in [3.8, 4) is 5.82 Å². The molecule has 0 radical (unpaired) electrons. The molecule has 0 aliphatic heterocycles. The molecule has 3 heterocycles. The van der Waals surface area contributed by atoms with Gasteiger partial charge < -0.3 is 4.57 Å². The number of rotatable bonds is 4. The molecule has 2 bridgehead atoms. The van der Waals surface area contributed by atoms with Gasteiger partial charge in [-0.3, -0.25) is 4.57 Å². The maximum atomic E-state index is 4.92. The van der Waals surface area contributed by atoms with Gasteiger partial charge in [-0.2, -0.15) is 0 Å². The summed E-state index contributed by atoms with van der Waals surface area (Å²) >= 11 is 0. The van der Waals surface area contributed by atoms with E-state index in [2.05, 4.69) is 134 Å². The van der Waals surface area contributed by atoms with Crippen molar-refractivity contribution >= 4 is 56.5 Å². The topological polar surface area (TPSA) is 22.8 Å². The van der Waals surface area contributed by atoms with Crippen LogP contribution in [0.25, 0.3) is 62.3 Å². The quantitative estimate of drug-likeness (QED) is 0.227. The average molecular weight is 508 g/mol. The number of aromatic nitrogens is 3. The molecule has 0 saturated heterocycles. The second-order valence-electron chi connectivity index (χ2n) is 9.97. The van der Waals surface area contributed by atoms with Crippen molar-refractivity contribution in [2.24, 2.45) is 5.92 Å². The molecule has 192 valence electrons. The summed E-state index contributed by atoms with van der Waals surface area (Å²) in [6, 6.07) is 15.1. The summed E-state index contributed by atoms with van der Waals surface area (Å²) in [4.78, 5) is 4.92. The third-order valence-electron chi connectivity index (χ3n) is 7.29. The first-order chi connectivity index (χ1) is 19.2. The molecule has 1 unspecified atom stereocenters. The predicted octanol–water partition coefficient (Wildman–Crippen LogP) is 7.93. The molecule has 5 aromatic rings. The van der Waals surface area contributed by atoms with Gasteiger partial charge in [0.15, 0.2) is 0 Å². The van der Waals surface area contributed by atoms with Crippen molar-refractivity contribution in [2.75, 3.05) is 0 Å². The zero-order chi connectivity index (χ0) is 26.9. The van der Waals surface area contributed by atoms with E-state index in [0.29, 0.717) is 0 Å². The Labute approximate surface area is 229 Å². The molecule has 3 nitrogen and oxygen atoms in total. The fraction of sp³-hybridized carbons (Fsp3) is 0.139. The van der Waals surface area contributed by atoms with Crippen LogP contribution in [-0.4, -0.2) is 14.1 Å². The molecule has 3 aromatic heterocycles. The van der Waals surface area contributed by atoms with Crippen LogP contribution in [0.5, 0.6) is 0 Å². The lowest BCUT2D eigenvalue weighted by Crippen LogP contribution is -2.28. The number of pyridine rings is 1. The smallest absolute Gasteiger partial charge is 0.145 e. The van der Waals surface area contributed by atoms with Crippen molar-refractivity contribution in [3.63, 3.8) is 0 Å². The molecule has 3 heteroatoms. The molecule has 0 N–H and O–H groups in total. The zero-order valence-electron chi connectivity index (χ0n) is 22.8. The van der Waals surface area contributed by atoms with E-state index in [4.69, 9.17) is 4.98 Å². The van der Waals surface area contributed by atoms with Crippen LogP contribution in [0.1, 0.15) is 32.8 Å². The second-order valence-corrected chi connectivity index (χ2v) is 9.97. The highest BCUT2D eigenvalue weighted by Crippen LogP contribution is 2.34. The number of fused-ring (bicyclic) bond motifs is 4. The van der Waals surface area contributed by atoms with E-state index in [0.717, 1.165) is 16.9 Å². The molecule has 2 aliphatic carbocycles. The van der Waals surface area contributed by atoms with Gasteiger partial charge in [0.2, 0.25) is 0 Å². The van der Waals surface area contributed by atoms with Crippen LogP contribution in [0.3, 0.4) is 0 Å². The molecule has 0 amide bonds. The first-order valence-corrected chi connectivity index (χ1v) is 13.8. The summed E-state index contributed by atoms with van der Waals surface area (Å²) in [5.41, 5.74) is 4.77. The molecule has 2 aromatic carbocycles. The fourth-order valence-corrected chi connectivity index (χ4v) is 5.72. The van der Waals surface area contributed by atoms with Gasteiger partial charge >= 0.3 is 0 Å². The van der Waals surface area contributed by atoms with E-state index in [1.165, 1.54) is 49.7 Å². The number of allylic oxidation sites excluding steroid dienone is 8. The Hall–Kier alpha value is -4.63. The van der Waals surface area contributed by atoms with Gasteiger partial charge in [-0.05, 0) is 42.7 Å². The monoisotopic (exact) mass is 507 g/mol. The van der Waals surface area contributed by atoms with Crippen LogP contribution < -0.4 is 10.6 Å². The molecule has 0 fully saturated rings. The third kappa shape index (κ3) is 4.02. The molecule has 39 heavy (non-hydrogen) atoms. The standard InChI is InChI=1S/C33H25N3.C3H8/c1-3-5-11-25(4-2)35-19-17-24-21-30-31-27(32(24)35)15-14-22-9-8-13-29(28(31)20-22)36(30)33-26-12-7-6-10-23(26)16-18-34-33;1-3-2/h3-22H,1H2,2H3;3H2,1-2H3/b11-5-,25-4+;.